The summed E-state index contributed by atoms with van der Waals surface area (Å²) in [5, 5.41) is 0. The lowest BCUT2D eigenvalue weighted by Crippen LogP contribution is -2.23. The Morgan fingerprint density at radius 3 is 1.40 bits per heavy atom. The number of unbranched alkanes of at least 4 members (excludes halogenated alkanes) is 25. The fourth-order valence-electron chi connectivity index (χ4n) is 7.07. The molecule has 0 heterocycles. The number of esters is 2. The van der Waals surface area contributed by atoms with Crippen molar-refractivity contribution in [2.75, 3.05) is 6.61 Å². The average Bonchev–Trinajstić information content (AvgIpc) is 3.12. The third-order valence-electron chi connectivity index (χ3n) is 10.3. The van der Waals surface area contributed by atoms with E-state index in [1.165, 1.54) is 166 Å². The van der Waals surface area contributed by atoms with Gasteiger partial charge in [0.2, 0.25) is 0 Å². The molecule has 0 fully saturated rings. The summed E-state index contributed by atoms with van der Waals surface area (Å²) in [7, 11) is 0. The number of rotatable bonds is 37. The smallest absolute Gasteiger partial charge is 0.306 e. The van der Waals surface area contributed by atoms with Crippen LogP contribution in [-0.4, -0.2) is 24.6 Å². The molecule has 4 heteroatoms. The van der Waals surface area contributed by atoms with Gasteiger partial charge >= 0.3 is 11.9 Å². The van der Waals surface area contributed by atoms with Gasteiger partial charge in [-0.25, -0.2) is 0 Å². The van der Waals surface area contributed by atoms with Gasteiger partial charge in [-0.2, -0.15) is 0 Å². The Morgan fingerprint density at radius 2 is 0.940 bits per heavy atom. The van der Waals surface area contributed by atoms with Crippen LogP contribution in [0.15, 0.2) is 30.3 Å². The quantitative estimate of drug-likeness (QED) is 0.0513. The molecule has 0 spiro atoms. The molecule has 2 atom stereocenters. The van der Waals surface area contributed by atoms with E-state index in [0.717, 1.165) is 32.1 Å². The molecular formula is C46H81O4. The number of hydrogen-bond acceptors (Lipinski definition) is 4. The van der Waals surface area contributed by atoms with E-state index in [2.05, 4.69) is 51.1 Å². The molecule has 0 N–H and O–H groups in total. The average molecular weight is 698 g/mol. The molecule has 0 amide bonds. The van der Waals surface area contributed by atoms with Crippen LogP contribution >= 0.6 is 0 Å². The van der Waals surface area contributed by atoms with Gasteiger partial charge in [-0.3, -0.25) is 9.59 Å². The summed E-state index contributed by atoms with van der Waals surface area (Å²) in [5.74, 6) is 0.0160. The third-order valence-corrected chi connectivity index (χ3v) is 10.3. The molecule has 289 valence electrons. The minimum atomic E-state index is -0.649. The number of carbonyl (C=O) groups is 2. The van der Waals surface area contributed by atoms with Gasteiger partial charge in [-0.15, -0.1) is 0 Å². The molecule has 4 nitrogen and oxygen atoms in total. The van der Waals surface area contributed by atoms with Gasteiger partial charge < -0.3 is 9.47 Å². The molecule has 0 saturated carbocycles. The standard InChI is InChI=1S/C46H81O4/c1-4-6-8-10-12-14-16-18-19-20-22-24-26-28-33-37-46(48)50-42(3)41-49-45(47)39-38-44(40-43-34-31-29-32-35-43)36-30-27-25-23-21-17-15-13-11-9-7-5-2/h29,31-32,34-35,42,44H,3-28,30,33,36-41H2,1-2H3. The maximum Gasteiger partial charge on any atom is 0.306 e. The van der Waals surface area contributed by atoms with Gasteiger partial charge in [0.1, 0.15) is 12.7 Å². The summed E-state index contributed by atoms with van der Waals surface area (Å²) in [4.78, 5) is 24.9. The molecule has 1 aromatic carbocycles. The van der Waals surface area contributed by atoms with E-state index in [-0.39, 0.29) is 18.5 Å². The highest BCUT2D eigenvalue weighted by Gasteiger charge is 2.16. The minimum absolute atomic E-state index is 0.0333. The zero-order chi connectivity index (χ0) is 36.2. The maximum absolute atomic E-state index is 12.6. The summed E-state index contributed by atoms with van der Waals surface area (Å²) >= 11 is 0. The van der Waals surface area contributed by atoms with Gasteiger partial charge in [0.15, 0.2) is 0 Å². The lowest BCUT2D eigenvalue weighted by atomic mass is 9.89. The van der Waals surface area contributed by atoms with Crippen molar-refractivity contribution < 1.29 is 19.1 Å². The second-order valence-electron chi connectivity index (χ2n) is 15.3. The predicted octanol–water partition coefficient (Wildman–Crippen LogP) is 14.3. The zero-order valence-corrected chi connectivity index (χ0v) is 33.2. The van der Waals surface area contributed by atoms with Crippen LogP contribution < -0.4 is 0 Å². The van der Waals surface area contributed by atoms with Crippen LogP contribution in [0.3, 0.4) is 0 Å². The molecule has 0 aliphatic rings. The van der Waals surface area contributed by atoms with E-state index in [1.54, 1.807) is 0 Å². The van der Waals surface area contributed by atoms with Crippen LogP contribution in [-0.2, 0) is 25.5 Å². The SMILES string of the molecule is [CH2]C(COC(=O)CCC(CCCCCCCCCCCCCC)Cc1ccccc1)OC(=O)CCCCCCCCCCCCCCCCC. The first kappa shape index (κ1) is 46.2. The first-order chi connectivity index (χ1) is 24.5. The Labute approximate surface area is 311 Å². The fourth-order valence-corrected chi connectivity index (χ4v) is 7.07. The highest BCUT2D eigenvalue weighted by molar-refractivity contribution is 5.70. The van der Waals surface area contributed by atoms with Gasteiger partial charge in [0.05, 0.1) is 0 Å². The second-order valence-corrected chi connectivity index (χ2v) is 15.3. The van der Waals surface area contributed by atoms with Crippen molar-refractivity contribution >= 4 is 11.9 Å². The summed E-state index contributed by atoms with van der Waals surface area (Å²) < 4.78 is 10.9. The van der Waals surface area contributed by atoms with Crippen molar-refractivity contribution in [3.8, 4) is 0 Å². The van der Waals surface area contributed by atoms with Gasteiger partial charge in [-0.05, 0) is 37.7 Å². The number of carbonyl (C=O) groups excluding carboxylic acids is 2. The summed E-state index contributed by atoms with van der Waals surface area (Å²) in [5.41, 5.74) is 1.34. The van der Waals surface area contributed by atoms with Gasteiger partial charge in [-0.1, -0.05) is 218 Å². The van der Waals surface area contributed by atoms with Gasteiger partial charge in [0, 0.05) is 12.8 Å². The van der Waals surface area contributed by atoms with Crippen LogP contribution in [0.5, 0.6) is 0 Å². The van der Waals surface area contributed by atoms with Crippen molar-refractivity contribution in [2.24, 2.45) is 5.92 Å². The molecular weight excluding hydrogens is 617 g/mol. The number of benzene rings is 1. The number of ether oxygens (including phenoxy) is 2. The molecule has 1 radical (unpaired) electrons. The van der Waals surface area contributed by atoms with Gasteiger partial charge in [0.25, 0.3) is 0 Å². The van der Waals surface area contributed by atoms with Crippen LogP contribution in [0.1, 0.15) is 218 Å². The third kappa shape index (κ3) is 30.9. The highest BCUT2D eigenvalue weighted by Crippen LogP contribution is 2.22. The van der Waals surface area contributed by atoms with Crippen molar-refractivity contribution in [2.45, 2.75) is 225 Å². The van der Waals surface area contributed by atoms with E-state index < -0.39 is 6.10 Å². The van der Waals surface area contributed by atoms with Crippen molar-refractivity contribution in [1.82, 2.24) is 0 Å². The monoisotopic (exact) mass is 698 g/mol. The van der Waals surface area contributed by atoms with E-state index >= 15 is 0 Å². The molecule has 1 aromatic rings. The fraction of sp³-hybridized carbons (Fsp3) is 0.804. The predicted molar refractivity (Wildman–Crippen MR) is 214 cm³/mol. The molecule has 0 bridgehead atoms. The normalized spacial score (nSPS) is 12.5. The zero-order valence-electron chi connectivity index (χ0n) is 33.2. The number of hydrogen-bond donors (Lipinski definition) is 0. The highest BCUT2D eigenvalue weighted by atomic mass is 16.6. The van der Waals surface area contributed by atoms with E-state index in [4.69, 9.17) is 9.47 Å². The minimum Gasteiger partial charge on any atom is -0.462 e. The molecule has 0 aliphatic carbocycles. The summed E-state index contributed by atoms with van der Waals surface area (Å²) in [6.07, 6.45) is 38.9. The van der Waals surface area contributed by atoms with Crippen LogP contribution in [0.4, 0.5) is 0 Å². The molecule has 0 aromatic heterocycles. The Morgan fingerprint density at radius 1 is 0.520 bits per heavy atom. The maximum atomic E-state index is 12.6. The summed E-state index contributed by atoms with van der Waals surface area (Å²) in [6.45, 7) is 8.49. The molecule has 0 saturated heterocycles. The first-order valence-corrected chi connectivity index (χ1v) is 21.8. The van der Waals surface area contributed by atoms with E-state index in [9.17, 15) is 9.59 Å². The topological polar surface area (TPSA) is 52.6 Å². The lowest BCUT2D eigenvalue weighted by molar-refractivity contribution is -0.156. The van der Waals surface area contributed by atoms with Crippen molar-refractivity contribution in [3.05, 3.63) is 42.8 Å². The Bertz CT molecular complexity index is 868. The molecule has 2 unspecified atom stereocenters. The largest absolute Gasteiger partial charge is 0.462 e. The molecule has 1 rings (SSSR count). The lowest BCUT2D eigenvalue weighted by Gasteiger charge is -2.18. The second kappa shape index (κ2) is 35.6. The van der Waals surface area contributed by atoms with Crippen molar-refractivity contribution in [3.63, 3.8) is 0 Å². The van der Waals surface area contributed by atoms with E-state index in [1.807, 2.05) is 0 Å². The van der Waals surface area contributed by atoms with Crippen molar-refractivity contribution in [1.29, 1.82) is 0 Å². The molecule has 0 aliphatic heterocycles. The Balaban J connectivity index is 2.10. The Hall–Kier alpha value is -1.84. The molecule has 50 heavy (non-hydrogen) atoms. The van der Waals surface area contributed by atoms with E-state index in [0.29, 0.717) is 18.8 Å². The summed E-state index contributed by atoms with van der Waals surface area (Å²) in [6, 6.07) is 10.6. The first-order valence-electron chi connectivity index (χ1n) is 21.8. The van der Waals surface area contributed by atoms with Crippen LogP contribution in [0.2, 0.25) is 0 Å². The Kier molecular flexibility index (Phi) is 32.8. The van der Waals surface area contributed by atoms with Crippen LogP contribution in [0.25, 0.3) is 0 Å². The van der Waals surface area contributed by atoms with Crippen LogP contribution in [0, 0.1) is 12.8 Å².